The lowest BCUT2D eigenvalue weighted by Crippen LogP contribution is -2.20. The lowest BCUT2D eigenvalue weighted by molar-refractivity contribution is -0.274. The van der Waals surface area contributed by atoms with Gasteiger partial charge in [0.2, 0.25) is 0 Å². The number of benzene rings is 1. The monoisotopic (exact) mass is 311 g/mol. The predicted octanol–water partition coefficient (Wildman–Crippen LogP) is 2.84. The van der Waals surface area contributed by atoms with Crippen molar-refractivity contribution >= 4 is 5.97 Å². The van der Waals surface area contributed by atoms with Crippen molar-refractivity contribution in [1.29, 1.82) is 5.26 Å². The molecule has 0 bridgehead atoms. The Morgan fingerprint density at radius 3 is 2.38 bits per heavy atom. The van der Waals surface area contributed by atoms with Crippen LogP contribution in [0.3, 0.4) is 0 Å². The molecule has 0 heterocycles. The van der Waals surface area contributed by atoms with Crippen molar-refractivity contribution in [2.75, 3.05) is 7.11 Å². The lowest BCUT2D eigenvalue weighted by Gasteiger charge is -2.15. The zero-order valence-electron chi connectivity index (χ0n) is 10.2. The third kappa shape index (κ3) is 4.48. The normalized spacial score (nSPS) is 11.0. The highest BCUT2D eigenvalue weighted by Gasteiger charge is 2.34. The van der Waals surface area contributed by atoms with Gasteiger partial charge < -0.3 is 14.2 Å². The van der Waals surface area contributed by atoms with Crippen LogP contribution >= 0.6 is 0 Å². The highest BCUT2D eigenvalue weighted by molar-refractivity contribution is 5.95. The van der Waals surface area contributed by atoms with Crippen LogP contribution in [0, 0.1) is 11.3 Å². The fraction of sp³-hybridized carbons (Fsp3) is 0.273. The average Bonchev–Trinajstić information content (AvgIpc) is 2.34. The summed E-state index contributed by atoms with van der Waals surface area (Å²) in [6.07, 6.45) is -5.21. The van der Waals surface area contributed by atoms with Gasteiger partial charge in [0.05, 0.1) is 12.7 Å². The van der Waals surface area contributed by atoms with Gasteiger partial charge >= 0.3 is 18.9 Å². The van der Waals surface area contributed by atoms with Gasteiger partial charge in [0.1, 0.15) is 23.1 Å². The largest absolute Gasteiger partial charge is 0.573 e. The van der Waals surface area contributed by atoms with Crippen molar-refractivity contribution in [3.8, 4) is 17.6 Å². The van der Waals surface area contributed by atoms with E-state index in [1.54, 1.807) is 0 Å². The van der Waals surface area contributed by atoms with Crippen molar-refractivity contribution in [3.63, 3.8) is 0 Å². The van der Waals surface area contributed by atoms with Gasteiger partial charge in [0.25, 0.3) is 0 Å². The lowest BCUT2D eigenvalue weighted by atomic mass is 10.1. The number of alkyl halides is 5. The van der Waals surface area contributed by atoms with E-state index in [1.165, 1.54) is 6.07 Å². The zero-order valence-corrected chi connectivity index (χ0v) is 10.2. The first kappa shape index (κ1) is 16.5. The molecule has 114 valence electrons. The Bertz CT molecular complexity index is 579. The Kier molecular flexibility index (Phi) is 4.91. The Morgan fingerprint density at radius 1 is 1.33 bits per heavy atom. The molecule has 1 aromatic rings. The summed E-state index contributed by atoms with van der Waals surface area (Å²) in [5.74, 6) is -3.24. The first-order valence-electron chi connectivity index (χ1n) is 5.05. The summed E-state index contributed by atoms with van der Waals surface area (Å²) in [4.78, 5) is 11.4. The summed E-state index contributed by atoms with van der Waals surface area (Å²) in [5.41, 5.74) is -1.52. The van der Waals surface area contributed by atoms with E-state index in [4.69, 9.17) is 5.26 Å². The molecule has 1 rings (SSSR count). The van der Waals surface area contributed by atoms with Crippen molar-refractivity contribution < 1.29 is 41.0 Å². The molecule has 1 aromatic carbocycles. The highest BCUT2D eigenvalue weighted by Crippen LogP contribution is 2.33. The van der Waals surface area contributed by atoms with Gasteiger partial charge in [-0.2, -0.15) is 14.0 Å². The van der Waals surface area contributed by atoms with Crippen LogP contribution < -0.4 is 9.47 Å². The fourth-order valence-corrected chi connectivity index (χ4v) is 1.37. The molecule has 5 nitrogen and oxygen atoms in total. The number of rotatable bonds is 4. The smallest absolute Gasteiger partial charge is 0.465 e. The standard InChI is InChI=1S/C11H6F5NO4/c1-19-9(18)8-5(4-17)2-6(20-10(12)13)3-7(8)21-11(14,15)16/h2-3,10H,1H3. The minimum atomic E-state index is -5.21. The van der Waals surface area contributed by atoms with E-state index in [0.29, 0.717) is 12.1 Å². The number of hydrogen-bond donors (Lipinski definition) is 0. The van der Waals surface area contributed by atoms with Crippen LogP contribution in [0.1, 0.15) is 15.9 Å². The minimum absolute atomic E-state index is 0.409. The predicted molar refractivity (Wildman–Crippen MR) is 55.8 cm³/mol. The van der Waals surface area contributed by atoms with E-state index in [2.05, 4.69) is 14.2 Å². The maximum Gasteiger partial charge on any atom is 0.573 e. The van der Waals surface area contributed by atoms with Crippen LogP contribution in [-0.4, -0.2) is 26.1 Å². The minimum Gasteiger partial charge on any atom is -0.465 e. The van der Waals surface area contributed by atoms with Crippen LogP contribution in [0.5, 0.6) is 11.5 Å². The topological polar surface area (TPSA) is 68.6 Å². The Balaban J connectivity index is 3.45. The molecule has 0 unspecified atom stereocenters. The third-order valence-electron chi connectivity index (χ3n) is 2.04. The van der Waals surface area contributed by atoms with Gasteiger partial charge in [-0.15, -0.1) is 13.2 Å². The van der Waals surface area contributed by atoms with Gasteiger partial charge in [0.15, 0.2) is 0 Å². The van der Waals surface area contributed by atoms with Gasteiger partial charge in [-0.25, -0.2) is 4.79 Å². The van der Waals surface area contributed by atoms with Gasteiger partial charge in [-0.3, -0.25) is 0 Å². The van der Waals surface area contributed by atoms with Gasteiger partial charge in [0, 0.05) is 6.07 Å². The van der Waals surface area contributed by atoms with Crippen molar-refractivity contribution in [2.24, 2.45) is 0 Å². The number of nitrogens with zero attached hydrogens (tertiary/aromatic N) is 1. The van der Waals surface area contributed by atoms with Crippen molar-refractivity contribution in [3.05, 3.63) is 23.3 Å². The molecule has 10 heteroatoms. The average molecular weight is 311 g/mol. The number of hydrogen-bond acceptors (Lipinski definition) is 5. The molecule has 0 spiro atoms. The van der Waals surface area contributed by atoms with E-state index in [1.807, 2.05) is 0 Å². The highest BCUT2D eigenvalue weighted by atomic mass is 19.4. The van der Waals surface area contributed by atoms with Gasteiger partial charge in [-0.05, 0) is 6.07 Å². The van der Waals surface area contributed by atoms with Crippen LogP contribution in [-0.2, 0) is 4.74 Å². The number of ether oxygens (including phenoxy) is 3. The maximum absolute atomic E-state index is 12.3. The molecule has 0 saturated heterocycles. The van der Waals surface area contributed by atoms with E-state index < -0.39 is 41.6 Å². The van der Waals surface area contributed by atoms with E-state index in [9.17, 15) is 26.7 Å². The first-order valence-corrected chi connectivity index (χ1v) is 5.05. The van der Waals surface area contributed by atoms with Crippen molar-refractivity contribution in [1.82, 2.24) is 0 Å². The quantitative estimate of drug-likeness (QED) is 0.632. The molecule has 0 N–H and O–H groups in total. The molecule has 0 fully saturated rings. The summed E-state index contributed by atoms with van der Waals surface area (Å²) in [6, 6.07) is 2.46. The van der Waals surface area contributed by atoms with Crippen LogP contribution in [0.25, 0.3) is 0 Å². The third-order valence-corrected chi connectivity index (χ3v) is 2.04. The van der Waals surface area contributed by atoms with Crippen LogP contribution in [0.15, 0.2) is 12.1 Å². The Hall–Kier alpha value is -2.57. The summed E-state index contributed by atoms with van der Waals surface area (Å²) >= 11 is 0. The number of methoxy groups -OCH3 is 1. The second kappa shape index (κ2) is 6.25. The second-order valence-corrected chi connectivity index (χ2v) is 3.37. The molecule has 0 radical (unpaired) electrons. The molecule has 0 aliphatic carbocycles. The van der Waals surface area contributed by atoms with E-state index in [-0.39, 0.29) is 0 Å². The van der Waals surface area contributed by atoms with Crippen LogP contribution in [0.2, 0.25) is 0 Å². The second-order valence-electron chi connectivity index (χ2n) is 3.37. The maximum atomic E-state index is 12.3. The first-order chi connectivity index (χ1) is 9.67. The molecule has 0 aliphatic rings. The van der Waals surface area contributed by atoms with E-state index >= 15 is 0 Å². The SMILES string of the molecule is COC(=O)c1c(C#N)cc(OC(F)F)cc1OC(F)(F)F. The molecule has 21 heavy (non-hydrogen) atoms. The molecule has 0 saturated carbocycles. The molecule has 0 amide bonds. The van der Waals surface area contributed by atoms with Crippen molar-refractivity contribution in [2.45, 2.75) is 13.0 Å². The fourth-order valence-electron chi connectivity index (χ4n) is 1.37. The number of carbonyl (C=O) groups excluding carboxylic acids is 1. The Labute approximate surface area is 114 Å². The molecule has 0 aromatic heterocycles. The summed E-state index contributed by atoms with van der Waals surface area (Å²) in [7, 11) is 0.866. The molecular formula is C11H6F5NO4. The summed E-state index contributed by atoms with van der Waals surface area (Å²) in [6.45, 7) is -3.33. The zero-order chi connectivity index (χ0) is 16.2. The summed E-state index contributed by atoms with van der Waals surface area (Å²) < 4.78 is 72.7. The number of carbonyl (C=O) groups is 1. The van der Waals surface area contributed by atoms with Crippen LogP contribution in [0.4, 0.5) is 22.0 Å². The summed E-state index contributed by atoms with van der Waals surface area (Å²) in [5, 5.41) is 8.81. The number of nitriles is 1. The van der Waals surface area contributed by atoms with Gasteiger partial charge in [-0.1, -0.05) is 0 Å². The molecule has 0 atom stereocenters. The molecule has 0 aliphatic heterocycles. The number of halogens is 5. The number of esters is 1. The molecular weight excluding hydrogens is 305 g/mol. The Morgan fingerprint density at radius 2 is 1.95 bits per heavy atom. The van der Waals surface area contributed by atoms with E-state index in [0.717, 1.165) is 7.11 Å².